The number of carbonyl (C=O) groups excluding carboxylic acids is 1. The second kappa shape index (κ2) is 7.02. The highest BCUT2D eigenvalue weighted by Crippen LogP contribution is 2.32. The van der Waals surface area contributed by atoms with Gasteiger partial charge in [0.2, 0.25) is 0 Å². The van der Waals surface area contributed by atoms with Crippen LogP contribution >= 0.6 is 22.9 Å². The van der Waals surface area contributed by atoms with Crippen molar-refractivity contribution in [3.05, 3.63) is 44.9 Å². The highest BCUT2D eigenvalue weighted by atomic mass is 35.5. The highest BCUT2D eigenvalue weighted by molar-refractivity contribution is 7.14. The van der Waals surface area contributed by atoms with E-state index in [9.17, 15) is 13.6 Å². The summed E-state index contributed by atoms with van der Waals surface area (Å²) in [4.78, 5) is 16.8. The van der Waals surface area contributed by atoms with Gasteiger partial charge in [-0.15, -0.1) is 11.3 Å². The summed E-state index contributed by atoms with van der Waals surface area (Å²) in [7, 11) is 0. The number of thiophene rings is 1. The molecular formula is C14H12ClF2NO3S. The molecule has 0 unspecified atom stereocenters. The summed E-state index contributed by atoms with van der Waals surface area (Å²) in [6.07, 6.45) is 0.786. The van der Waals surface area contributed by atoms with Crippen molar-refractivity contribution in [2.75, 3.05) is 0 Å². The number of hydrogen-bond acceptors (Lipinski definition) is 5. The van der Waals surface area contributed by atoms with Crippen molar-refractivity contribution >= 4 is 28.9 Å². The molecule has 2 aromatic heterocycles. The molecule has 0 saturated heterocycles. The van der Waals surface area contributed by atoms with E-state index < -0.39 is 18.7 Å². The lowest BCUT2D eigenvalue weighted by Crippen LogP contribution is -2.11. The summed E-state index contributed by atoms with van der Waals surface area (Å²) in [5, 5.41) is 0.462. The Morgan fingerprint density at radius 3 is 2.73 bits per heavy atom. The van der Waals surface area contributed by atoms with Crippen molar-refractivity contribution < 1.29 is 23.0 Å². The molecule has 0 aliphatic rings. The number of hydrogen-bond donors (Lipinski definition) is 0. The fraction of sp³-hybridized carbons (Fsp3) is 0.286. The predicted molar refractivity (Wildman–Crippen MR) is 78.8 cm³/mol. The number of esters is 1. The van der Waals surface area contributed by atoms with Gasteiger partial charge >= 0.3 is 12.6 Å². The van der Waals surface area contributed by atoms with Crippen LogP contribution < -0.4 is 4.74 Å². The van der Waals surface area contributed by atoms with Crippen molar-refractivity contribution in [2.24, 2.45) is 0 Å². The molecule has 4 nitrogen and oxygen atoms in total. The van der Waals surface area contributed by atoms with E-state index in [1.54, 1.807) is 26.0 Å². The first kappa shape index (κ1) is 16.6. The highest BCUT2D eigenvalue weighted by Gasteiger charge is 2.23. The minimum atomic E-state index is -3.00. The third-order valence-corrected chi connectivity index (χ3v) is 3.91. The molecule has 0 N–H and O–H groups in total. The van der Waals surface area contributed by atoms with Gasteiger partial charge in [0.25, 0.3) is 0 Å². The Morgan fingerprint density at radius 2 is 2.14 bits per heavy atom. The molecule has 118 valence electrons. The molecule has 8 heteroatoms. The summed E-state index contributed by atoms with van der Waals surface area (Å²) < 4.78 is 34.3. The zero-order valence-electron chi connectivity index (χ0n) is 11.7. The normalized spacial score (nSPS) is 12.3. The summed E-state index contributed by atoms with van der Waals surface area (Å²) in [6.45, 7) is 0.308. The van der Waals surface area contributed by atoms with E-state index in [1.165, 1.54) is 12.3 Å². The number of carbonyl (C=O) groups is 1. The minimum absolute atomic E-state index is 0.00128. The van der Waals surface area contributed by atoms with Gasteiger partial charge < -0.3 is 9.47 Å². The molecule has 0 fully saturated rings. The molecule has 0 aliphatic carbocycles. The number of pyridine rings is 1. The van der Waals surface area contributed by atoms with E-state index >= 15 is 0 Å². The number of halogens is 3. The molecule has 0 bridgehead atoms. The first-order valence-electron chi connectivity index (χ1n) is 6.24. The smallest absolute Gasteiger partial charge is 0.387 e. The molecule has 0 amide bonds. The van der Waals surface area contributed by atoms with Gasteiger partial charge in [0.05, 0.1) is 10.7 Å². The van der Waals surface area contributed by atoms with E-state index in [4.69, 9.17) is 16.3 Å². The van der Waals surface area contributed by atoms with Crippen LogP contribution in [0, 0.1) is 6.92 Å². The van der Waals surface area contributed by atoms with Crippen LogP contribution in [0.3, 0.4) is 0 Å². The fourth-order valence-electron chi connectivity index (χ4n) is 1.72. The lowest BCUT2D eigenvalue weighted by atomic mass is 10.2. The molecule has 0 radical (unpaired) electrons. The Kier molecular flexibility index (Phi) is 5.31. The topological polar surface area (TPSA) is 48.4 Å². The number of ether oxygens (including phenoxy) is 2. The van der Waals surface area contributed by atoms with Crippen LogP contribution in [0.2, 0.25) is 5.02 Å². The number of nitrogens with zero attached hydrogens (tertiary/aromatic N) is 1. The van der Waals surface area contributed by atoms with Crippen molar-refractivity contribution in [3.63, 3.8) is 0 Å². The number of alkyl halides is 2. The van der Waals surface area contributed by atoms with Crippen LogP contribution in [0.4, 0.5) is 8.78 Å². The molecular weight excluding hydrogens is 336 g/mol. The Hall–Kier alpha value is -1.73. The van der Waals surface area contributed by atoms with Crippen LogP contribution in [0.15, 0.2) is 24.4 Å². The average Bonchev–Trinajstić information content (AvgIpc) is 2.79. The number of aromatic nitrogens is 1. The van der Waals surface area contributed by atoms with E-state index in [-0.39, 0.29) is 10.6 Å². The summed E-state index contributed by atoms with van der Waals surface area (Å²) in [5.41, 5.74) is 0.502. The Balaban J connectivity index is 2.13. The SMILES string of the molecule is Cc1cc(OC(F)F)c(C(=O)O[C@H](C)c2ccc(Cl)cn2)s1. The largest absolute Gasteiger partial charge is 0.452 e. The predicted octanol–water partition coefficient (Wildman–Crippen LogP) is 4.62. The first-order valence-corrected chi connectivity index (χ1v) is 7.44. The van der Waals surface area contributed by atoms with Gasteiger partial charge in [-0.2, -0.15) is 8.78 Å². The molecule has 2 aromatic rings. The van der Waals surface area contributed by atoms with Crippen LogP contribution in [0.1, 0.15) is 33.3 Å². The summed E-state index contributed by atoms with van der Waals surface area (Å²) >= 11 is 6.76. The van der Waals surface area contributed by atoms with Crippen LogP contribution in [-0.4, -0.2) is 17.6 Å². The number of aryl methyl sites for hydroxylation is 1. The van der Waals surface area contributed by atoms with Gasteiger partial charge in [-0.05, 0) is 32.0 Å². The molecule has 0 aliphatic heterocycles. The van der Waals surface area contributed by atoms with E-state index in [1.807, 2.05) is 0 Å². The van der Waals surface area contributed by atoms with E-state index in [0.29, 0.717) is 15.6 Å². The third kappa shape index (κ3) is 4.14. The molecule has 0 saturated carbocycles. The third-order valence-electron chi connectivity index (χ3n) is 2.67. The maximum atomic E-state index is 12.3. The van der Waals surface area contributed by atoms with Crippen LogP contribution in [0.25, 0.3) is 0 Å². The van der Waals surface area contributed by atoms with Gasteiger partial charge in [0, 0.05) is 11.1 Å². The molecule has 1 atom stereocenters. The monoisotopic (exact) mass is 347 g/mol. The Labute approximate surface area is 134 Å². The lowest BCUT2D eigenvalue weighted by Gasteiger charge is -2.13. The van der Waals surface area contributed by atoms with E-state index in [2.05, 4.69) is 9.72 Å². The summed E-state index contributed by atoms with van der Waals surface area (Å²) in [6, 6.07) is 4.62. The second-order valence-electron chi connectivity index (χ2n) is 4.38. The van der Waals surface area contributed by atoms with Gasteiger partial charge in [-0.3, -0.25) is 4.98 Å². The summed E-state index contributed by atoms with van der Waals surface area (Å²) in [5.74, 6) is -0.920. The first-order chi connectivity index (χ1) is 10.4. The van der Waals surface area contributed by atoms with Crippen molar-refractivity contribution in [1.82, 2.24) is 4.98 Å². The quantitative estimate of drug-likeness (QED) is 0.740. The van der Waals surface area contributed by atoms with Gasteiger partial charge in [-0.25, -0.2) is 4.79 Å². The maximum Gasteiger partial charge on any atom is 0.387 e. The number of rotatable bonds is 5. The van der Waals surface area contributed by atoms with Crippen molar-refractivity contribution in [1.29, 1.82) is 0 Å². The Bertz CT molecular complexity index is 661. The molecule has 0 aromatic carbocycles. The lowest BCUT2D eigenvalue weighted by molar-refractivity contribution is -0.0502. The average molecular weight is 348 g/mol. The second-order valence-corrected chi connectivity index (χ2v) is 6.07. The van der Waals surface area contributed by atoms with Gasteiger partial charge in [0.1, 0.15) is 6.10 Å². The molecule has 2 heterocycles. The standard InChI is InChI=1S/C14H12ClF2NO3S/c1-7-5-11(21-14(16)17)12(22-7)13(19)20-8(2)10-4-3-9(15)6-18-10/h3-6,8,14H,1-2H3/t8-/m1/s1. The maximum absolute atomic E-state index is 12.3. The van der Waals surface area contributed by atoms with Crippen LogP contribution in [-0.2, 0) is 4.74 Å². The minimum Gasteiger partial charge on any atom is -0.452 e. The van der Waals surface area contributed by atoms with Crippen molar-refractivity contribution in [2.45, 2.75) is 26.6 Å². The molecule has 22 heavy (non-hydrogen) atoms. The van der Waals surface area contributed by atoms with Crippen molar-refractivity contribution in [3.8, 4) is 5.75 Å². The Morgan fingerprint density at radius 1 is 1.41 bits per heavy atom. The van der Waals surface area contributed by atoms with Gasteiger partial charge in [0.15, 0.2) is 10.6 Å². The van der Waals surface area contributed by atoms with Gasteiger partial charge in [-0.1, -0.05) is 11.6 Å². The van der Waals surface area contributed by atoms with Crippen LogP contribution in [0.5, 0.6) is 5.75 Å². The molecule has 2 rings (SSSR count). The fourth-order valence-corrected chi connectivity index (χ4v) is 2.66. The zero-order valence-corrected chi connectivity index (χ0v) is 13.3. The molecule has 0 spiro atoms. The van der Waals surface area contributed by atoms with E-state index in [0.717, 1.165) is 11.3 Å². The zero-order chi connectivity index (χ0) is 16.3.